The molecule has 0 spiro atoms. The predicted octanol–water partition coefficient (Wildman–Crippen LogP) is 3.14. The molecule has 0 amide bonds. The van der Waals surface area contributed by atoms with E-state index in [1.807, 2.05) is 24.3 Å². The van der Waals surface area contributed by atoms with Crippen LogP contribution in [0.4, 0.5) is 0 Å². The average molecular weight is 210 g/mol. The Hall–Kier alpha value is -1.64. The zero-order valence-corrected chi connectivity index (χ0v) is 8.59. The van der Waals surface area contributed by atoms with E-state index in [0.717, 1.165) is 0 Å². The molecule has 2 nitrogen and oxygen atoms in total. The van der Waals surface area contributed by atoms with Crippen LogP contribution in [-0.4, -0.2) is 0 Å². The van der Waals surface area contributed by atoms with E-state index in [4.69, 9.17) is 9.78 Å². The van der Waals surface area contributed by atoms with E-state index in [2.05, 4.69) is 24.3 Å². The van der Waals surface area contributed by atoms with E-state index in [1.54, 1.807) is 0 Å². The summed E-state index contributed by atoms with van der Waals surface area (Å²) in [5.74, 6) is 0. The Morgan fingerprint density at radius 3 is 1.19 bits per heavy atom. The summed E-state index contributed by atoms with van der Waals surface area (Å²) in [5.41, 5.74) is 4.94. The number of rotatable bonds is 0. The van der Waals surface area contributed by atoms with Crippen molar-refractivity contribution in [3.05, 3.63) is 70.8 Å². The third-order valence-corrected chi connectivity index (χ3v) is 3.37. The molecular weight excluding hydrogens is 200 g/mol. The van der Waals surface area contributed by atoms with Gasteiger partial charge in [-0.2, -0.15) is 0 Å². The quantitative estimate of drug-likeness (QED) is 0.622. The SMILES string of the molecule is c1ccc2c(c1)C1OOC2c2ccccc21. The Morgan fingerprint density at radius 1 is 0.562 bits per heavy atom. The normalized spacial score (nSPS) is 25.0. The van der Waals surface area contributed by atoms with Crippen LogP contribution in [0, 0.1) is 0 Å². The lowest BCUT2D eigenvalue weighted by Gasteiger charge is -2.38. The van der Waals surface area contributed by atoms with E-state index in [1.165, 1.54) is 22.3 Å². The molecule has 2 bridgehead atoms. The zero-order valence-electron chi connectivity index (χ0n) is 8.59. The van der Waals surface area contributed by atoms with Gasteiger partial charge in [0.05, 0.1) is 0 Å². The summed E-state index contributed by atoms with van der Waals surface area (Å²) < 4.78 is 0. The largest absolute Gasteiger partial charge is 0.223 e. The van der Waals surface area contributed by atoms with Crippen molar-refractivity contribution in [1.82, 2.24) is 0 Å². The highest BCUT2D eigenvalue weighted by Crippen LogP contribution is 2.49. The second-order valence-electron chi connectivity index (χ2n) is 4.21. The maximum atomic E-state index is 5.43. The molecule has 0 saturated heterocycles. The first-order valence-corrected chi connectivity index (χ1v) is 5.45. The second-order valence-corrected chi connectivity index (χ2v) is 4.21. The fourth-order valence-electron chi connectivity index (χ4n) is 2.63. The van der Waals surface area contributed by atoms with Gasteiger partial charge >= 0.3 is 0 Å². The number of hydrogen-bond acceptors (Lipinski definition) is 2. The standard InChI is InChI=1S/C14H10O2/c1-2-6-10-9(5-1)13-11-7-3-4-8-12(11)14(10)16-15-13/h1-8,13-14H. The van der Waals surface area contributed by atoms with Crippen LogP contribution in [0.2, 0.25) is 0 Å². The Morgan fingerprint density at radius 2 is 0.875 bits per heavy atom. The van der Waals surface area contributed by atoms with Gasteiger partial charge in [-0.3, -0.25) is 0 Å². The molecule has 2 heterocycles. The molecule has 0 fully saturated rings. The van der Waals surface area contributed by atoms with E-state index >= 15 is 0 Å². The zero-order chi connectivity index (χ0) is 10.5. The number of benzene rings is 2. The molecule has 0 aromatic heterocycles. The van der Waals surface area contributed by atoms with Crippen molar-refractivity contribution < 1.29 is 9.78 Å². The molecule has 0 unspecified atom stereocenters. The highest BCUT2D eigenvalue weighted by molar-refractivity contribution is 5.50. The molecule has 0 atom stereocenters. The van der Waals surface area contributed by atoms with Gasteiger partial charge < -0.3 is 0 Å². The molecule has 1 aliphatic carbocycles. The van der Waals surface area contributed by atoms with Crippen molar-refractivity contribution >= 4 is 0 Å². The summed E-state index contributed by atoms with van der Waals surface area (Å²) in [6.07, 6.45) is -0.116. The predicted molar refractivity (Wildman–Crippen MR) is 58.7 cm³/mol. The van der Waals surface area contributed by atoms with E-state index in [-0.39, 0.29) is 12.2 Å². The van der Waals surface area contributed by atoms with E-state index < -0.39 is 0 Å². The van der Waals surface area contributed by atoms with Gasteiger partial charge in [-0.05, 0) is 22.3 Å². The molecular formula is C14H10O2. The van der Waals surface area contributed by atoms with E-state index in [9.17, 15) is 0 Å². The summed E-state index contributed by atoms with van der Waals surface area (Å²) in [6.45, 7) is 0. The van der Waals surface area contributed by atoms with Crippen molar-refractivity contribution in [2.45, 2.75) is 12.2 Å². The van der Waals surface area contributed by atoms with Crippen LogP contribution < -0.4 is 0 Å². The molecule has 2 aliphatic heterocycles. The summed E-state index contributed by atoms with van der Waals surface area (Å²) in [4.78, 5) is 10.9. The van der Waals surface area contributed by atoms with Crippen molar-refractivity contribution in [3.8, 4) is 0 Å². The van der Waals surface area contributed by atoms with Crippen LogP contribution in [0.1, 0.15) is 34.5 Å². The van der Waals surface area contributed by atoms with Crippen LogP contribution in [0.3, 0.4) is 0 Å². The van der Waals surface area contributed by atoms with Crippen LogP contribution in [0.15, 0.2) is 48.5 Å². The Balaban J connectivity index is 2.04. The van der Waals surface area contributed by atoms with Crippen molar-refractivity contribution in [3.63, 3.8) is 0 Å². The van der Waals surface area contributed by atoms with Gasteiger partial charge in [0.15, 0.2) is 0 Å². The lowest BCUT2D eigenvalue weighted by atomic mass is 9.81. The highest BCUT2D eigenvalue weighted by Gasteiger charge is 2.39. The van der Waals surface area contributed by atoms with Crippen LogP contribution >= 0.6 is 0 Å². The fraction of sp³-hybridized carbons (Fsp3) is 0.143. The minimum Gasteiger partial charge on any atom is -0.223 e. The van der Waals surface area contributed by atoms with Crippen LogP contribution in [0.25, 0.3) is 0 Å². The fourth-order valence-corrected chi connectivity index (χ4v) is 2.63. The van der Waals surface area contributed by atoms with E-state index in [0.29, 0.717) is 0 Å². The minimum absolute atomic E-state index is 0.0580. The van der Waals surface area contributed by atoms with Gasteiger partial charge in [0.1, 0.15) is 12.2 Å². The second kappa shape index (κ2) is 2.94. The first-order valence-electron chi connectivity index (χ1n) is 5.45. The maximum Gasteiger partial charge on any atom is 0.144 e. The molecule has 78 valence electrons. The first-order chi connectivity index (χ1) is 7.95. The molecule has 0 saturated carbocycles. The van der Waals surface area contributed by atoms with Gasteiger partial charge in [-0.15, -0.1) is 0 Å². The first kappa shape index (κ1) is 8.50. The molecule has 2 aromatic rings. The monoisotopic (exact) mass is 210 g/mol. The third kappa shape index (κ3) is 0.932. The van der Waals surface area contributed by atoms with Gasteiger partial charge in [0.2, 0.25) is 0 Å². The molecule has 16 heavy (non-hydrogen) atoms. The Bertz CT molecular complexity index is 465. The Labute approximate surface area is 93.4 Å². The molecule has 5 rings (SSSR count). The summed E-state index contributed by atoms with van der Waals surface area (Å²) >= 11 is 0. The van der Waals surface area contributed by atoms with Gasteiger partial charge in [0.25, 0.3) is 0 Å². The maximum absolute atomic E-state index is 5.43. The number of hydrogen-bond donors (Lipinski definition) is 0. The van der Waals surface area contributed by atoms with Crippen LogP contribution in [0.5, 0.6) is 0 Å². The third-order valence-electron chi connectivity index (χ3n) is 3.37. The topological polar surface area (TPSA) is 18.5 Å². The molecule has 0 N–H and O–H groups in total. The molecule has 2 aromatic carbocycles. The van der Waals surface area contributed by atoms with Crippen LogP contribution in [-0.2, 0) is 9.78 Å². The van der Waals surface area contributed by atoms with Crippen molar-refractivity contribution in [2.75, 3.05) is 0 Å². The lowest BCUT2D eigenvalue weighted by Crippen LogP contribution is -2.28. The van der Waals surface area contributed by atoms with Crippen molar-refractivity contribution in [1.29, 1.82) is 0 Å². The summed E-state index contributed by atoms with van der Waals surface area (Å²) in [6, 6.07) is 16.7. The summed E-state index contributed by atoms with van der Waals surface area (Å²) in [5, 5.41) is 0. The average Bonchev–Trinajstić information content (AvgIpc) is 2.40. The smallest absolute Gasteiger partial charge is 0.144 e. The van der Waals surface area contributed by atoms with Crippen molar-refractivity contribution in [2.24, 2.45) is 0 Å². The van der Waals surface area contributed by atoms with Gasteiger partial charge in [-0.25, -0.2) is 9.78 Å². The van der Waals surface area contributed by atoms with Gasteiger partial charge in [0, 0.05) is 0 Å². The Kier molecular flexibility index (Phi) is 1.56. The van der Waals surface area contributed by atoms with Gasteiger partial charge in [-0.1, -0.05) is 48.5 Å². The highest BCUT2D eigenvalue weighted by atomic mass is 17.2. The lowest BCUT2D eigenvalue weighted by molar-refractivity contribution is -0.360. The summed E-state index contributed by atoms with van der Waals surface area (Å²) in [7, 11) is 0. The molecule has 2 heteroatoms. The molecule has 0 radical (unpaired) electrons. The number of fused-ring (bicyclic) bond motifs is 1. The minimum atomic E-state index is -0.0580. The molecule has 3 aliphatic rings.